The molecule has 1 aliphatic heterocycles. The van der Waals surface area contributed by atoms with Crippen LogP contribution in [-0.4, -0.2) is 15.7 Å². The minimum atomic E-state index is -0.371. The number of H-pyrrole nitrogens is 1. The lowest BCUT2D eigenvalue weighted by Gasteiger charge is -2.37. The van der Waals surface area contributed by atoms with Crippen molar-refractivity contribution in [1.82, 2.24) is 9.55 Å². The first kappa shape index (κ1) is 18.5. The van der Waals surface area contributed by atoms with Crippen LogP contribution in [0.25, 0.3) is 6.08 Å². The Balaban J connectivity index is 1.52. The fourth-order valence-corrected chi connectivity index (χ4v) is 4.24. The standard InChI is InChI=1S/C21H24N2O5/c1-11(9-23-10-12(2)19(24)22-21(23)26)14-4-5-15-7-16-18(28-17(15)8-14)6-13(3)27-20(16)25/h6-7,10-11,14,17H,4-5,8-9H2,1-3H3,(H,22,24,26)/t11?,14-,17-/m0/s1. The average molecular weight is 384 g/mol. The molecule has 0 amide bonds. The molecular weight excluding hydrogens is 360 g/mol. The summed E-state index contributed by atoms with van der Waals surface area (Å²) in [6.45, 7) is 6.11. The highest BCUT2D eigenvalue weighted by atomic mass is 16.5. The molecule has 1 aliphatic carbocycles. The summed E-state index contributed by atoms with van der Waals surface area (Å²) in [6.07, 6.45) is 6.15. The highest BCUT2D eigenvalue weighted by Crippen LogP contribution is 2.40. The predicted molar refractivity (Wildman–Crippen MR) is 105 cm³/mol. The third kappa shape index (κ3) is 3.37. The number of nitrogens with one attached hydrogen (secondary N) is 1. The number of fused-ring (bicyclic) bond motifs is 2. The van der Waals surface area contributed by atoms with E-state index >= 15 is 0 Å². The molecule has 0 aromatic carbocycles. The van der Waals surface area contributed by atoms with Gasteiger partial charge in [-0.1, -0.05) is 6.92 Å². The van der Waals surface area contributed by atoms with Gasteiger partial charge in [-0.25, -0.2) is 9.59 Å². The van der Waals surface area contributed by atoms with Gasteiger partial charge in [-0.15, -0.1) is 0 Å². The van der Waals surface area contributed by atoms with E-state index in [4.69, 9.17) is 9.15 Å². The van der Waals surface area contributed by atoms with E-state index in [1.54, 1.807) is 30.7 Å². The lowest BCUT2D eigenvalue weighted by Crippen LogP contribution is -2.37. The second-order valence-corrected chi connectivity index (χ2v) is 7.98. The van der Waals surface area contributed by atoms with Crippen LogP contribution in [0.4, 0.5) is 0 Å². The number of ether oxygens (including phenoxy) is 1. The summed E-state index contributed by atoms with van der Waals surface area (Å²) in [7, 11) is 0. The summed E-state index contributed by atoms with van der Waals surface area (Å²) in [6, 6.07) is 1.76. The maximum absolute atomic E-state index is 12.1. The third-order valence-electron chi connectivity index (χ3n) is 5.88. The Morgan fingerprint density at radius 3 is 2.86 bits per heavy atom. The monoisotopic (exact) mass is 384 g/mol. The Labute approximate surface area is 161 Å². The summed E-state index contributed by atoms with van der Waals surface area (Å²) in [5.74, 6) is 1.75. The highest BCUT2D eigenvalue weighted by Gasteiger charge is 2.34. The maximum atomic E-state index is 12.1. The zero-order valence-corrected chi connectivity index (χ0v) is 16.3. The van der Waals surface area contributed by atoms with Gasteiger partial charge in [0.2, 0.25) is 0 Å². The number of rotatable bonds is 3. The number of aromatic nitrogens is 2. The smallest absolute Gasteiger partial charge is 0.346 e. The fraction of sp³-hybridized carbons (Fsp3) is 0.476. The second kappa shape index (κ2) is 6.96. The fourth-order valence-electron chi connectivity index (χ4n) is 4.24. The van der Waals surface area contributed by atoms with Gasteiger partial charge in [-0.05, 0) is 56.6 Å². The van der Waals surface area contributed by atoms with E-state index in [0.717, 1.165) is 24.8 Å². The number of hydrogen-bond donors (Lipinski definition) is 1. The van der Waals surface area contributed by atoms with Crippen molar-refractivity contribution in [2.45, 2.75) is 52.7 Å². The van der Waals surface area contributed by atoms with Crippen molar-refractivity contribution >= 4 is 6.08 Å². The normalized spacial score (nSPS) is 21.9. The van der Waals surface area contributed by atoms with Crippen LogP contribution in [0.1, 0.15) is 43.1 Å². The van der Waals surface area contributed by atoms with E-state index in [2.05, 4.69) is 11.9 Å². The molecule has 3 atom stereocenters. The zero-order chi connectivity index (χ0) is 20.0. The second-order valence-electron chi connectivity index (χ2n) is 7.98. The summed E-state index contributed by atoms with van der Waals surface area (Å²) >= 11 is 0. The van der Waals surface area contributed by atoms with Crippen LogP contribution in [-0.2, 0) is 6.54 Å². The van der Waals surface area contributed by atoms with E-state index in [0.29, 0.717) is 35.1 Å². The maximum Gasteiger partial charge on any atom is 0.346 e. The van der Waals surface area contributed by atoms with Gasteiger partial charge in [0.05, 0.1) is 0 Å². The first-order valence-corrected chi connectivity index (χ1v) is 9.64. The van der Waals surface area contributed by atoms with Gasteiger partial charge in [-0.2, -0.15) is 0 Å². The van der Waals surface area contributed by atoms with E-state index in [9.17, 15) is 14.4 Å². The van der Waals surface area contributed by atoms with Crippen molar-refractivity contribution in [2.75, 3.05) is 0 Å². The molecule has 0 bridgehead atoms. The molecule has 7 heteroatoms. The molecular formula is C21H24N2O5. The Kier molecular flexibility index (Phi) is 4.61. The molecule has 1 fully saturated rings. The molecule has 2 aromatic heterocycles. The first-order chi connectivity index (χ1) is 13.3. The number of nitrogens with zero attached hydrogens (tertiary/aromatic N) is 1. The van der Waals surface area contributed by atoms with Crippen LogP contribution in [0.2, 0.25) is 0 Å². The number of aromatic amines is 1. The minimum absolute atomic E-state index is 0.0519. The molecule has 1 N–H and O–H groups in total. The summed E-state index contributed by atoms with van der Waals surface area (Å²) in [4.78, 5) is 38.1. The Morgan fingerprint density at radius 1 is 1.29 bits per heavy atom. The van der Waals surface area contributed by atoms with Gasteiger partial charge in [-0.3, -0.25) is 9.78 Å². The molecule has 1 unspecified atom stereocenters. The molecule has 1 saturated carbocycles. The summed E-state index contributed by atoms with van der Waals surface area (Å²) < 4.78 is 12.9. The number of aryl methyl sites for hydroxylation is 2. The van der Waals surface area contributed by atoms with Crippen LogP contribution in [0.15, 0.2) is 36.6 Å². The third-order valence-corrected chi connectivity index (χ3v) is 5.88. The summed E-state index contributed by atoms with van der Waals surface area (Å²) in [5.41, 5.74) is 1.09. The van der Waals surface area contributed by atoms with Crippen LogP contribution in [0, 0.1) is 25.7 Å². The van der Waals surface area contributed by atoms with E-state index in [-0.39, 0.29) is 28.9 Å². The van der Waals surface area contributed by atoms with Crippen LogP contribution in [0.3, 0.4) is 0 Å². The lowest BCUT2D eigenvalue weighted by atomic mass is 9.76. The SMILES string of the molecule is Cc1cc2c(c(=O)o1)C=C1CC[C@H](C(C)Cn3cc(C)c(=O)[nH]c3=O)C[C@@H]1O2. The molecule has 0 spiro atoms. The van der Waals surface area contributed by atoms with Gasteiger partial charge in [0, 0.05) is 24.4 Å². The minimum Gasteiger partial charge on any atom is -0.485 e. The summed E-state index contributed by atoms with van der Waals surface area (Å²) in [5, 5.41) is 0. The molecule has 2 aliphatic rings. The Bertz CT molecular complexity index is 1120. The van der Waals surface area contributed by atoms with Crippen LogP contribution >= 0.6 is 0 Å². The highest BCUT2D eigenvalue weighted by molar-refractivity contribution is 5.62. The molecule has 2 aromatic rings. The van der Waals surface area contributed by atoms with Crippen LogP contribution < -0.4 is 21.6 Å². The molecule has 0 saturated heterocycles. The number of hydrogen-bond acceptors (Lipinski definition) is 5. The average Bonchev–Trinajstić information content (AvgIpc) is 2.64. The Morgan fingerprint density at radius 2 is 2.07 bits per heavy atom. The van der Waals surface area contributed by atoms with Gasteiger partial charge < -0.3 is 13.7 Å². The topological polar surface area (TPSA) is 94.3 Å². The molecule has 3 heterocycles. The molecule has 28 heavy (non-hydrogen) atoms. The van der Waals surface area contributed by atoms with Crippen molar-refractivity contribution in [1.29, 1.82) is 0 Å². The van der Waals surface area contributed by atoms with E-state index < -0.39 is 0 Å². The van der Waals surface area contributed by atoms with Gasteiger partial charge in [0.1, 0.15) is 23.2 Å². The predicted octanol–water partition coefficient (Wildman–Crippen LogP) is 2.39. The van der Waals surface area contributed by atoms with Gasteiger partial charge in [0.15, 0.2) is 0 Å². The van der Waals surface area contributed by atoms with Gasteiger partial charge in [0.25, 0.3) is 5.56 Å². The van der Waals surface area contributed by atoms with Crippen LogP contribution in [0.5, 0.6) is 5.75 Å². The zero-order valence-electron chi connectivity index (χ0n) is 16.3. The molecule has 0 radical (unpaired) electrons. The quantitative estimate of drug-likeness (QED) is 0.877. The van der Waals surface area contributed by atoms with Crippen molar-refractivity contribution in [2.24, 2.45) is 11.8 Å². The van der Waals surface area contributed by atoms with Crippen molar-refractivity contribution in [3.8, 4) is 5.75 Å². The molecule has 4 rings (SSSR count). The lowest BCUT2D eigenvalue weighted by molar-refractivity contribution is 0.135. The Hall–Kier alpha value is -2.83. The van der Waals surface area contributed by atoms with Crippen molar-refractivity contribution in [3.05, 3.63) is 66.0 Å². The largest absolute Gasteiger partial charge is 0.485 e. The van der Waals surface area contributed by atoms with Crippen molar-refractivity contribution < 1.29 is 9.15 Å². The molecule has 148 valence electrons. The van der Waals surface area contributed by atoms with Crippen molar-refractivity contribution in [3.63, 3.8) is 0 Å². The van der Waals surface area contributed by atoms with E-state index in [1.807, 2.05) is 6.08 Å². The van der Waals surface area contributed by atoms with Gasteiger partial charge >= 0.3 is 11.3 Å². The first-order valence-electron chi connectivity index (χ1n) is 9.64. The van der Waals surface area contributed by atoms with E-state index in [1.165, 1.54) is 0 Å². The molecule has 7 nitrogen and oxygen atoms in total.